The SMILES string of the molecule is CCc1nc(-c2ccc(NC(=O)NCc3ccc(Cl)cc3)cc2)no1. The molecule has 3 aromatic rings. The van der Waals surface area contributed by atoms with Crippen LogP contribution in [0.3, 0.4) is 0 Å². The Kier molecular flexibility index (Phi) is 5.30. The van der Waals surface area contributed by atoms with Crippen LogP contribution in [0.5, 0.6) is 0 Å². The van der Waals surface area contributed by atoms with Crippen LogP contribution in [0.15, 0.2) is 53.1 Å². The average Bonchev–Trinajstić information content (AvgIpc) is 3.11. The first-order valence-electron chi connectivity index (χ1n) is 7.86. The molecule has 0 atom stereocenters. The summed E-state index contributed by atoms with van der Waals surface area (Å²) in [5.41, 5.74) is 2.48. The Morgan fingerprint density at radius 1 is 1.12 bits per heavy atom. The van der Waals surface area contributed by atoms with Crippen molar-refractivity contribution in [3.05, 3.63) is 65.0 Å². The lowest BCUT2D eigenvalue weighted by Gasteiger charge is -2.08. The molecule has 0 aliphatic carbocycles. The number of urea groups is 1. The van der Waals surface area contributed by atoms with Crippen LogP contribution in [0.1, 0.15) is 18.4 Å². The van der Waals surface area contributed by atoms with Crippen molar-refractivity contribution in [3.63, 3.8) is 0 Å². The van der Waals surface area contributed by atoms with Gasteiger partial charge in [-0.05, 0) is 42.0 Å². The molecule has 0 fully saturated rings. The Balaban J connectivity index is 1.55. The average molecular weight is 357 g/mol. The molecule has 3 rings (SSSR count). The minimum Gasteiger partial charge on any atom is -0.339 e. The van der Waals surface area contributed by atoms with E-state index >= 15 is 0 Å². The van der Waals surface area contributed by atoms with Gasteiger partial charge >= 0.3 is 6.03 Å². The monoisotopic (exact) mass is 356 g/mol. The Morgan fingerprint density at radius 3 is 2.48 bits per heavy atom. The van der Waals surface area contributed by atoms with Gasteiger partial charge in [-0.2, -0.15) is 4.98 Å². The van der Waals surface area contributed by atoms with Crippen LogP contribution in [0.4, 0.5) is 10.5 Å². The smallest absolute Gasteiger partial charge is 0.319 e. The molecule has 2 aromatic carbocycles. The minimum atomic E-state index is -0.282. The second kappa shape index (κ2) is 7.81. The maximum atomic E-state index is 12.0. The van der Waals surface area contributed by atoms with Gasteiger partial charge in [0.05, 0.1) is 0 Å². The normalized spacial score (nSPS) is 10.5. The fraction of sp³-hybridized carbons (Fsp3) is 0.167. The van der Waals surface area contributed by atoms with Crippen molar-refractivity contribution < 1.29 is 9.32 Å². The molecule has 1 heterocycles. The number of amides is 2. The van der Waals surface area contributed by atoms with Gasteiger partial charge in [-0.15, -0.1) is 0 Å². The zero-order valence-corrected chi connectivity index (χ0v) is 14.4. The molecule has 0 aliphatic rings. The summed E-state index contributed by atoms with van der Waals surface area (Å²) in [6.45, 7) is 2.37. The van der Waals surface area contributed by atoms with Crippen molar-refractivity contribution in [2.24, 2.45) is 0 Å². The summed E-state index contributed by atoms with van der Waals surface area (Å²) < 4.78 is 5.10. The van der Waals surface area contributed by atoms with Gasteiger partial charge in [-0.3, -0.25) is 0 Å². The van der Waals surface area contributed by atoms with E-state index in [2.05, 4.69) is 20.8 Å². The summed E-state index contributed by atoms with van der Waals surface area (Å²) >= 11 is 5.83. The third-order valence-corrected chi connectivity index (χ3v) is 3.79. The van der Waals surface area contributed by atoms with Crippen LogP contribution >= 0.6 is 11.6 Å². The highest BCUT2D eigenvalue weighted by molar-refractivity contribution is 6.30. The quantitative estimate of drug-likeness (QED) is 0.715. The maximum absolute atomic E-state index is 12.0. The first-order chi connectivity index (χ1) is 12.1. The second-order valence-corrected chi connectivity index (χ2v) is 5.81. The number of rotatable bonds is 5. The molecule has 6 nitrogen and oxygen atoms in total. The zero-order chi connectivity index (χ0) is 17.6. The van der Waals surface area contributed by atoms with Gasteiger partial charge in [0.1, 0.15) is 0 Å². The molecule has 25 heavy (non-hydrogen) atoms. The highest BCUT2D eigenvalue weighted by atomic mass is 35.5. The van der Waals surface area contributed by atoms with Crippen molar-refractivity contribution in [3.8, 4) is 11.4 Å². The summed E-state index contributed by atoms with van der Waals surface area (Å²) in [6.07, 6.45) is 0.695. The zero-order valence-electron chi connectivity index (χ0n) is 13.6. The summed E-state index contributed by atoms with van der Waals surface area (Å²) in [7, 11) is 0. The van der Waals surface area contributed by atoms with E-state index in [4.69, 9.17) is 16.1 Å². The molecule has 0 radical (unpaired) electrons. The van der Waals surface area contributed by atoms with Gasteiger partial charge < -0.3 is 15.2 Å². The van der Waals surface area contributed by atoms with Crippen LogP contribution in [0.25, 0.3) is 11.4 Å². The summed E-state index contributed by atoms with van der Waals surface area (Å²) in [5, 5.41) is 10.2. The molecule has 0 saturated heterocycles. The number of carbonyl (C=O) groups excluding carboxylic acids is 1. The molecule has 0 unspecified atom stereocenters. The maximum Gasteiger partial charge on any atom is 0.319 e. The Labute approximate surface area is 150 Å². The Bertz CT molecular complexity index is 844. The van der Waals surface area contributed by atoms with E-state index in [1.165, 1.54) is 0 Å². The predicted molar refractivity (Wildman–Crippen MR) is 96.4 cm³/mol. The number of halogens is 1. The van der Waals surface area contributed by atoms with Gasteiger partial charge in [0, 0.05) is 29.2 Å². The van der Waals surface area contributed by atoms with Gasteiger partial charge in [-0.1, -0.05) is 35.8 Å². The van der Waals surface area contributed by atoms with Gasteiger partial charge in [-0.25, -0.2) is 4.79 Å². The molecule has 128 valence electrons. The first-order valence-corrected chi connectivity index (χ1v) is 8.24. The topological polar surface area (TPSA) is 80.0 Å². The van der Waals surface area contributed by atoms with Crippen LogP contribution in [-0.4, -0.2) is 16.2 Å². The molecular weight excluding hydrogens is 340 g/mol. The fourth-order valence-corrected chi connectivity index (χ4v) is 2.30. The number of benzene rings is 2. The van der Waals surface area contributed by atoms with E-state index in [0.29, 0.717) is 35.4 Å². The summed E-state index contributed by atoms with van der Waals surface area (Å²) in [4.78, 5) is 16.2. The molecule has 1 aromatic heterocycles. The van der Waals surface area contributed by atoms with Crippen molar-refractivity contribution in [1.82, 2.24) is 15.5 Å². The number of nitrogens with zero attached hydrogens (tertiary/aromatic N) is 2. The molecule has 2 amide bonds. The number of aryl methyl sites for hydroxylation is 1. The molecule has 0 spiro atoms. The van der Waals surface area contributed by atoms with Crippen LogP contribution in [-0.2, 0) is 13.0 Å². The fourth-order valence-electron chi connectivity index (χ4n) is 2.18. The van der Waals surface area contributed by atoms with E-state index in [1.807, 2.05) is 31.2 Å². The number of aromatic nitrogens is 2. The first kappa shape index (κ1) is 17.0. The van der Waals surface area contributed by atoms with Crippen molar-refractivity contribution in [2.45, 2.75) is 19.9 Å². The van der Waals surface area contributed by atoms with Crippen molar-refractivity contribution in [2.75, 3.05) is 5.32 Å². The summed E-state index contributed by atoms with van der Waals surface area (Å²) in [6, 6.07) is 14.3. The highest BCUT2D eigenvalue weighted by Gasteiger charge is 2.08. The molecule has 2 N–H and O–H groups in total. The van der Waals surface area contributed by atoms with Crippen molar-refractivity contribution >= 4 is 23.3 Å². The third kappa shape index (κ3) is 4.58. The van der Waals surface area contributed by atoms with E-state index in [9.17, 15) is 4.79 Å². The lowest BCUT2D eigenvalue weighted by atomic mass is 10.2. The summed E-state index contributed by atoms with van der Waals surface area (Å²) in [5.74, 6) is 1.13. The number of nitrogens with one attached hydrogen (secondary N) is 2. The largest absolute Gasteiger partial charge is 0.339 e. The predicted octanol–water partition coefficient (Wildman–Crippen LogP) is 4.27. The lowest BCUT2D eigenvalue weighted by Crippen LogP contribution is -2.28. The van der Waals surface area contributed by atoms with Gasteiger partial charge in [0.15, 0.2) is 0 Å². The van der Waals surface area contributed by atoms with Gasteiger partial charge in [0.2, 0.25) is 11.7 Å². The molecular formula is C18H17ClN4O2. The van der Waals surface area contributed by atoms with E-state index in [-0.39, 0.29) is 6.03 Å². The van der Waals surface area contributed by atoms with Crippen LogP contribution in [0, 0.1) is 0 Å². The molecule has 0 saturated carbocycles. The Morgan fingerprint density at radius 2 is 1.84 bits per heavy atom. The number of hydrogen-bond acceptors (Lipinski definition) is 4. The second-order valence-electron chi connectivity index (χ2n) is 5.38. The van der Waals surface area contributed by atoms with E-state index < -0.39 is 0 Å². The van der Waals surface area contributed by atoms with Gasteiger partial charge in [0.25, 0.3) is 0 Å². The van der Waals surface area contributed by atoms with Crippen molar-refractivity contribution in [1.29, 1.82) is 0 Å². The Hall–Kier alpha value is -2.86. The number of anilines is 1. The standard InChI is InChI=1S/C18H17ClN4O2/c1-2-16-22-17(23-25-16)13-5-9-15(10-6-13)21-18(24)20-11-12-3-7-14(19)8-4-12/h3-10H,2,11H2,1H3,(H2,20,21,24). The van der Waals surface area contributed by atoms with E-state index in [1.54, 1.807) is 24.3 Å². The highest BCUT2D eigenvalue weighted by Crippen LogP contribution is 2.19. The third-order valence-electron chi connectivity index (χ3n) is 3.54. The van der Waals surface area contributed by atoms with Crippen LogP contribution in [0.2, 0.25) is 5.02 Å². The molecule has 7 heteroatoms. The minimum absolute atomic E-state index is 0.282. The number of hydrogen-bond donors (Lipinski definition) is 2. The lowest BCUT2D eigenvalue weighted by molar-refractivity contribution is 0.251. The van der Waals surface area contributed by atoms with E-state index in [0.717, 1.165) is 11.1 Å². The molecule has 0 bridgehead atoms. The number of carbonyl (C=O) groups is 1. The molecule has 0 aliphatic heterocycles. The van der Waals surface area contributed by atoms with Crippen LogP contribution < -0.4 is 10.6 Å².